The van der Waals surface area contributed by atoms with Crippen molar-refractivity contribution in [1.82, 2.24) is 9.97 Å². The van der Waals surface area contributed by atoms with Crippen molar-refractivity contribution in [1.29, 1.82) is 0 Å². The lowest BCUT2D eigenvalue weighted by Gasteiger charge is -1.97. The van der Waals surface area contributed by atoms with Crippen molar-refractivity contribution in [3.63, 3.8) is 0 Å². The Balaban J connectivity index is 0.000000396. The van der Waals surface area contributed by atoms with Crippen LogP contribution in [0.4, 0.5) is 0 Å². The minimum absolute atomic E-state index is 0.965. The highest BCUT2D eigenvalue weighted by Gasteiger charge is 1.94. The predicted molar refractivity (Wildman–Crippen MR) is 55.6 cm³/mol. The second-order valence-corrected chi connectivity index (χ2v) is 2.52. The van der Waals surface area contributed by atoms with Crippen molar-refractivity contribution in [3.05, 3.63) is 36.3 Å². The first-order valence-corrected chi connectivity index (χ1v) is 4.53. The standard InChI is InChI=1S/C9H8N2.C2H6/c1-7-2-5-11-9-6-10-4-3-8(7)9;1-2/h2-6H,1H3;1-2H3. The van der Waals surface area contributed by atoms with E-state index in [0.29, 0.717) is 0 Å². The van der Waals surface area contributed by atoms with Gasteiger partial charge in [-0.1, -0.05) is 13.8 Å². The Morgan fingerprint density at radius 3 is 2.54 bits per heavy atom. The molecule has 0 saturated heterocycles. The molecule has 13 heavy (non-hydrogen) atoms. The smallest absolute Gasteiger partial charge is 0.0887 e. The number of hydrogen-bond donors (Lipinski definition) is 0. The van der Waals surface area contributed by atoms with Crippen molar-refractivity contribution in [2.75, 3.05) is 0 Å². The van der Waals surface area contributed by atoms with E-state index in [1.807, 2.05) is 26.0 Å². The minimum Gasteiger partial charge on any atom is -0.262 e. The highest BCUT2D eigenvalue weighted by Crippen LogP contribution is 2.12. The molecule has 0 bridgehead atoms. The maximum atomic E-state index is 4.18. The third-order valence-corrected chi connectivity index (χ3v) is 1.76. The Kier molecular flexibility index (Phi) is 3.38. The van der Waals surface area contributed by atoms with Gasteiger partial charge in [0.05, 0.1) is 11.7 Å². The SMILES string of the molecule is CC.Cc1ccnc2cnccc12. The molecule has 0 aliphatic rings. The lowest BCUT2D eigenvalue weighted by molar-refractivity contribution is 1.29. The van der Waals surface area contributed by atoms with Crippen LogP contribution in [0.5, 0.6) is 0 Å². The van der Waals surface area contributed by atoms with Crippen LogP contribution in [-0.2, 0) is 0 Å². The molecule has 68 valence electrons. The van der Waals surface area contributed by atoms with Crippen LogP contribution in [0, 0.1) is 6.92 Å². The highest BCUT2D eigenvalue weighted by atomic mass is 14.7. The Morgan fingerprint density at radius 1 is 1.08 bits per heavy atom. The molecule has 0 aromatic carbocycles. The molecule has 0 atom stereocenters. The van der Waals surface area contributed by atoms with E-state index in [2.05, 4.69) is 16.9 Å². The van der Waals surface area contributed by atoms with Gasteiger partial charge in [-0.2, -0.15) is 0 Å². The van der Waals surface area contributed by atoms with Crippen molar-refractivity contribution < 1.29 is 0 Å². The number of rotatable bonds is 0. The molecule has 0 amide bonds. The van der Waals surface area contributed by atoms with Gasteiger partial charge in [0.25, 0.3) is 0 Å². The zero-order valence-electron chi connectivity index (χ0n) is 8.28. The van der Waals surface area contributed by atoms with E-state index in [1.165, 1.54) is 10.9 Å². The van der Waals surface area contributed by atoms with Gasteiger partial charge in [-0.25, -0.2) is 0 Å². The number of aryl methyl sites for hydroxylation is 1. The van der Waals surface area contributed by atoms with E-state index < -0.39 is 0 Å². The molecule has 2 heteroatoms. The largest absolute Gasteiger partial charge is 0.262 e. The first kappa shape index (κ1) is 9.65. The van der Waals surface area contributed by atoms with Crippen LogP contribution in [0.3, 0.4) is 0 Å². The summed E-state index contributed by atoms with van der Waals surface area (Å²) in [6, 6.07) is 3.99. The van der Waals surface area contributed by atoms with Crippen molar-refractivity contribution in [2.24, 2.45) is 0 Å². The van der Waals surface area contributed by atoms with Gasteiger partial charge in [0.1, 0.15) is 0 Å². The predicted octanol–water partition coefficient (Wildman–Crippen LogP) is 2.96. The summed E-state index contributed by atoms with van der Waals surface area (Å²) in [5.74, 6) is 0. The zero-order valence-corrected chi connectivity index (χ0v) is 8.28. The van der Waals surface area contributed by atoms with E-state index in [-0.39, 0.29) is 0 Å². The number of fused-ring (bicyclic) bond motifs is 1. The van der Waals surface area contributed by atoms with Gasteiger partial charge in [0, 0.05) is 17.8 Å². The first-order valence-electron chi connectivity index (χ1n) is 4.53. The summed E-state index contributed by atoms with van der Waals surface area (Å²) >= 11 is 0. The van der Waals surface area contributed by atoms with Crippen LogP contribution in [-0.4, -0.2) is 9.97 Å². The third-order valence-electron chi connectivity index (χ3n) is 1.76. The lowest BCUT2D eigenvalue weighted by atomic mass is 10.2. The quantitative estimate of drug-likeness (QED) is 0.613. The van der Waals surface area contributed by atoms with Gasteiger partial charge in [-0.3, -0.25) is 9.97 Å². The molecule has 0 unspecified atom stereocenters. The second kappa shape index (κ2) is 4.55. The van der Waals surface area contributed by atoms with Gasteiger partial charge >= 0.3 is 0 Å². The summed E-state index contributed by atoms with van der Waals surface area (Å²) < 4.78 is 0. The Morgan fingerprint density at radius 2 is 1.85 bits per heavy atom. The Hall–Kier alpha value is -1.44. The topological polar surface area (TPSA) is 25.8 Å². The van der Waals surface area contributed by atoms with Crippen molar-refractivity contribution in [3.8, 4) is 0 Å². The van der Waals surface area contributed by atoms with Crippen LogP contribution in [0.2, 0.25) is 0 Å². The second-order valence-electron chi connectivity index (χ2n) is 2.52. The summed E-state index contributed by atoms with van der Waals surface area (Å²) in [6.45, 7) is 6.07. The molecule has 0 spiro atoms. The summed E-state index contributed by atoms with van der Waals surface area (Å²) in [5, 5.41) is 1.18. The molecule has 0 aliphatic carbocycles. The van der Waals surface area contributed by atoms with Crippen LogP contribution < -0.4 is 0 Å². The third kappa shape index (κ3) is 2.02. The number of hydrogen-bond acceptors (Lipinski definition) is 2. The fraction of sp³-hybridized carbons (Fsp3) is 0.273. The maximum absolute atomic E-state index is 4.18. The molecule has 2 aromatic rings. The van der Waals surface area contributed by atoms with Crippen LogP contribution >= 0.6 is 0 Å². The zero-order chi connectivity index (χ0) is 9.68. The molecule has 0 aliphatic heterocycles. The summed E-state index contributed by atoms with van der Waals surface area (Å²) in [4.78, 5) is 8.17. The maximum Gasteiger partial charge on any atom is 0.0887 e. The number of nitrogens with zero attached hydrogens (tertiary/aromatic N) is 2. The molecule has 0 saturated carbocycles. The normalized spacial score (nSPS) is 9.15. The van der Waals surface area contributed by atoms with Gasteiger partial charge < -0.3 is 0 Å². The van der Waals surface area contributed by atoms with E-state index in [0.717, 1.165) is 5.52 Å². The van der Waals surface area contributed by atoms with Gasteiger partial charge in [0.15, 0.2) is 0 Å². The van der Waals surface area contributed by atoms with Crippen molar-refractivity contribution in [2.45, 2.75) is 20.8 Å². The van der Waals surface area contributed by atoms with Crippen molar-refractivity contribution >= 4 is 10.9 Å². The van der Waals surface area contributed by atoms with Crippen LogP contribution in [0.15, 0.2) is 30.7 Å². The summed E-state index contributed by atoms with van der Waals surface area (Å²) in [7, 11) is 0. The molecule has 2 heterocycles. The molecule has 0 N–H and O–H groups in total. The molecule has 0 radical (unpaired) electrons. The van der Waals surface area contributed by atoms with Crippen LogP contribution in [0.1, 0.15) is 19.4 Å². The van der Waals surface area contributed by atoms with E-state index in [4.69, 9.17) is 0 Å². The Labute approximate surface area is 78.7 Å². The monoisotopic (exact) mass is 174 g/mol. The minimum atomic E-state index is 0.965. The van der Waals surface area contributed by atoms with E-state index in [9.17, 15) is 0 Å². The Bertz CT molecular complexity index is 377. The van der Waals surface area contributed by atoms with Gasteiger partial charge in [-0.15, -0.1) is 0 Å². The number of aromatic nitrogens is 2. The first-order chi connectivity index (χ1) is 6.38. The average Bonchev–Trinajstić information content (AvgIpc) is 2.22. The van der Waals surface area contributed by atoms with E-state index >= 15 is 0 Å². The highest BCUT2D eigenvalue weighted by molar-refractivity contribution is 5.80. The molecule has 2 nitrogen and oxygen atoms in total. The molecular formula is C11H14N2. The fourth-order valence-corrected chi connectivity index (χ4v) is 1.14. The molecule has 0 fully saturated rings. The lowest BCUT2D eigenvalue weighted by Crippen LogP contribution is -1.82. The summed E-state index contributed by atoms with van der Waals surface area (Å²) in [5.41, 5.74) is 2.21. The molecule has 2 aromatic heterocycles. The number of pyridine rings is 2. The molecule has 2 rings (SSSR count). The average molecular weight is 174 g/mol. The summed E-state index contributed by atoms with van der Waals surface area (Å²) in [6.07, 6.45) is 5.37. The van der Waals surface area contributed by atoms with Gasteiger partial charge in [-0.05, 0) is 24.6 Å². The fourth-order valence-electron chi connectivity index (χ4n) is 1.14. The van der Waals surface area contributed by atoms with Crippen LogP contribution in [0.25, 0.3) is 10.9 Å². The molecular weight excluding hydrogens is 160 g/mol. The van der Waals surface area contributed by atoms with Gasteiger partial charge in [0.2, 0.25) is 0 Å². The van der Waals surface area contributed by atoms with E-state index in [1.54, 1.807) is 18.6 Å².